The number of ether oxygens (including phenoxy) is 1. The van der Waals surface area contributed by atoms with Crippen molar-refractivity contribution in [2.24, 2.45) is 5.41 Å². The Bertz CT molecular complexity index is 2530. The molecule has 1 fully saturated rings. The van der Waals surface area contributed by atoms with E-state index >= 15 is 0 Å². The molecular formula is C56H69N5O8S. The number of phenols is 2. The third-order valence-electron chi connectivity index (χ3n) is 12.6. The highest BCUT2D eigenvalue weighted by molar-refractivity contribution is 7.13. The average Bonchev–Trinajstić information content (AvgIpc) is 3.97. The van der Waals surface area contributed by atoms with Crippen LogP contribution in [-0.4, -0.2) is 86.7 Å². The summed E-state index contributed by atoms with van der Waals surface area (Å²) < 4.78 is 5.95. The highest BCUT2D eigenvalue weighted by Crippen LogP contribution is 2.36. The van der Waals surface area contributed by atoms with Crippen LogP contribution in [-0.2, 0) is 25.7 Å². The zero-order chi connectivity index (χ0) is 50.2. The molecule has 4 amide bonds. The number of nitrogens with one attached hydrogen (secondary N) is 3. The van der Waals surface area contributed by atoms with Gasteiger partial charge in [0.1, 0.15) is 35.9 Å². The molecule has 372 valence electrons. The first kappa shape index (κ1) is 52.9. The minimum absolute atomic E-state index is 0.0169. The van der Waals surface area contributed by atoms with Gasteiger partial charge in [-0.15, -0.1) is 11.3 Å². The lowest BCUT2D eigenvalue weighted by Gasteiger charge is -2.35. The van der Waals surface area contributed by atoms with E-state index in [0.29, 0.717) is 31.7 Å². The molecule has 6 rings (SSSR count). The van der Waals surface area contributed by atoms with E-state index in [4.69, 9.17) is 4.74 Å². The molecule has 1 aromatic heterocycles. The SMILES string of the molecule is CCC(=C(c1ccc(O)cc1)c1ccc(OCCNC(=O)CCCCCCCCC(=O)N[C@H](C(=O)N2C[C@H](O)C[C@H]2C(=O)NCc2ccc(-c3scnc3C)cc2)C(C)(C)C)cc1)c1ccc(O)cc1. The second-order valence-corrected chi connectivity index (χ2v) is 19.9. The quantitative estimate of drug-likeness (QED) is 0.0274. The van der Waals surface area contributed by atoms with Crippen molar-refractivity contribution in [1.29, 1.82) is 0 Å². The van der Waals surface area contributed by atoms with Crippen LogP contribution in [0.2, 0.25) is 0 Å². The summed E-state index contributed by atoms with van der Waals surface area (Å²) in [5, 5.41) is 39.2. The molecule has 3 atom stereocenters. The second kappa shape index (κ2) is 25.4. The van der Waals surface area contributed by atoms with Gasteiger partial charge in [0, 0.05) is 32.4 Å². The Kier molecular flexibility index (Phi) is 19.2. The highest BCUT2D eigenvalue weighted by atomic mass is 32.1. The summed E-state index contributed by atoms with van der Waals surface area (Å²) in [5.41, 5.74) is 9.16. The molecule has 0 spiro atoms. The molecule has 0 unspecified atom stereocenters. The van der Waals surface area contributed by atoms with Crippen LogP contribution in [0.3, 0.4) is 0 Å². The summed E-state index contributed by atoms with van der Waals surface area (Å²) in [4.78, 5) is 60.0. The first-order chi connectivity index (χ1) is 33.6. The molecule has 13 nitrogen and oxygen atoms in total. The van der Waals surface area contributed by atoms with Gasteiger partial charge in [-0.25, -0.2) is 4.98 Å². The molecule has 1 aliphatic rings. The van der Waals surface area contributed by atoms with Crippen LogP contribution >= 0.6 is 11.3 Å². The third-order valence-corrected chi connectivity index (χ3v) is 13.6. The number of hydrogen-bond acceptors (Lipinski definition) is 10. The van der Waals surface area contributed by atoms with E-state index < -0.39 is 23.6 Å². The van der Waals surface area contributed by atoms with Gasteiger partial charge in [0.25, 0.3) is 0 Å². The minimum Gasteiger partial charge on any atom is -0.508 e. The normalized spacial score (nSPS) is 15.5. The number of carbonyl (C=O) groups is 4. The molecule has 4 aromatic carbocycles. The van der Waals surface area contributed by atoms with Crippen molar-refractivity contribution in [2.45, 2.75) is 124 Å². The number of likely N-dealkylation sites (tertiary alicyclic amines) is 1. The second-order valence-electron chi connectivity index (χ2n) is 19.1. The number of β-amino-alcohol motifs (C(OH)–C–C–N with tert-alkyl or cyclic N) is 1. The Morgan fingerprint density at radius 3 is 1.91 bits per heavy atom. The fourth-order valence-corrected chi connectivity index (χ4v) is 9.60. The maximum Gasteiger partial charge on any atom is 0.246 e. The van der Waals surface area contributed by atoms with Crippen molar-refractivity contribution in [1.82, 2.24) is 25.8 Å². The minimum atomic E-state index is -0.875. The molecule has 6 N–H and O–H groups in total. The number of rotatable bonds is 23. The van der Waals surface area contributed by atoms with Gasteiger partial charge in [-0.1, -0.05) is 114 Å². The number of aliphatic hydroxyl groups is 1. The topological polar surface area (TPSA) is 190 Å². The molecule has 2 heterocycles. The van der Waals surface area contributed by atoms with Crippen LogP contribution in [0.1, 0.15) is 120 Å². The van der Waals surface area contributed by atoms with Crippen molar-refractivity contribution < 1.29 is 39.2 Å². The average molecular weight is 972 g/mol. The molecule has 0 aliphatic carbocycles. The smallest absolute Gasteiger partial charge is 0.246 e. The molecule has 1 saturated heterocycles. The number of phenolic OH excluding ortho intramolecular Hbond substituents is 2. The lowest BCUT2D eigenvalue weighted by molar-refractivity contribution is -0.144. The number of benzene rings is 4. The van der Waals surface area contributed by atoms with Crippen LogP contribution in [0.25, 0.3) is 21.6 Å². The zero-order valence-corrected chi connectivity index (χ0v) is 41.9. The predicted octanol–water partition coefficient (Wildman–Crippen LogP) is 9.32. The zero-order valence-electron chi connectivity index (χ0n) is 41.1. The maximum absolute atomic E-state index is 14.0. The summed E-state index contributed by atoms with van der Waals surface area (Å²) >= 11 is 1.58. The molecule has 70 heavy (non-hydrogen) atoms. The van der Waals surface area contributed by atoms with Crippen molar-refractivity contribution in [2.75, 3.05) is 19.7 Å². The van der Waals surface area contributed by atoms with Gasteiger partial charge in [-0.2, -0.15) is 0 Å². The number of allylic oxidation sites excluding steroid dienone is 1. The predicted molar refractivity (Wildman–Crippen MR) is 276 cm³/mol. The summed E-state index contributed by atoms with van der Waals surface area (Å²) in [6.07, 6.45) is 5.72. The number of aromatic nitrogens is 1. The third kappa shape index (κ3) is 15.0. The van der Waals surface area contributed by atoms with Crippen molar-refractivity contribution >= 4 is 46.1 Å². The van der Waals surface area contributed by atoms with Crippen LogP contribution in [0, 0.1) is 12.3 Å². The Balaban J connectivity index is 0.859. The number of aromatic hydroxyl groups is 2. The Labute approximate surface area is 416 Å². The largest absolute Gasteiger partial charge is 0.508 e. The molecular weight excluding hydrogens is 903 g/mol. The van der Waals surface area contributed by atoms with Gasteiger partial charge >= 0.3 is 0 Å². The number of thiazole rings is 1. The maximum atomic E-state index is 14.0. The Morgan fingerprint density at radius 2 is 1.34 bits per heavy atom. The Morgan fingerprint density at radius 1 is 0.771 bits per heavy atom. The van der Waals surface area contributed by atoms with Crippen molar-refractivity contribution in [3.05, 3.63) is 131 Å². The van der Waals surface area contributed by atoms with Crippen molar-refractivity contribution in [3.8, 4) is 27.7 Å². The Hall–Kier alpha value is -6.51. The van der Waals surface area contributed by atoms with Crippen LogP contribution < -0.4 is 20.7 Å². The van der Waals surface area contributed by atoms with Crippen LogP contribution in [0.4, 0.5) is 0 Å². The molecule has 0 saturated carbocycles. The van der Waals surface area contributed by atoms with E-state index in [1.54, 1.807) is 35.6 Å². The molecule has 14 heteroatoms. The van der Waals surface area contributed by atoms with E-state index in [-0.39, 0.29) is 61.1 Å². The summed E-state index contributed by atoms with van der Waals surface area (Å²) in [6.45, 7) is 10.7. The summed E-state index contributed by atoms with van der Waals surface area (Å²) in [5.74, 6) is 0.0947. The monoisotopic (exact) mass is 971 g/mol. The number of aryl methyl sites for hydroxylation is 1. The van der Waals surface area contributed by atoms with E-state index in [2.05, 4.69) is 27.9 Å². The number of hydrogen-bond donors (Lipinski definition) is 6. The first-order valence-corrected chi connectivity index (χ1v) is 25.4. The first-order valence-electron chi connectivity index (χ1n) is 24.5. The van der Waals surface area contributed by atoms with E-state index in [9.17, 15) is 34.5 Å². The van der Waals surface area contributed by atoms with E-state index in [0.717, 1.165) is 88.1 Å². The number of unbranched alkanes of at least 4 members (excludes halogenated alkanes) is 5. The summed E-state index contributed by atoms with van der Waals surface area (Å²) in [6, 6.07) is 28.3. The number of carbonyl (C=O) groups excluding carboxylic acids is 4. The lowest BCUT2D eigenvalue weighted by Crippen LogP contribution is -2.57. The van der Waals surface area contributed by atoms with Gasteiger partial charge in [-0.05, 0) is 107 Å². The number of aliphatic hydroxyl groups excluding tert-OH is 1. The van der Waals surface area contributed by atoms with Crippen LogP contribution in [0.5, 0.6) is 17.2 Å². The van der Waals surface area contributed by atoms with Crippen molar-refractivity contribution in [3.63, 3.8) is 0 Å². The molecule has 5 aromatic rings. The highest BCUT2D eigenvalue weighted by Gasteiger charge is 2.44. The van der Waals surface area contributed by atoms with E-state index in [1.165, 1.54) is 4.90 Å². The summed E-state index contributed by atoms with van der Waals surface area (Å²) in [7, 11) is 0. The molecule has 0 radical (unpaired) electrons. The standard InChI is InChI=1S/C56H69N5O8S/c1-6-47(39-19-25-43(62)26-20-39)51(40-21-27-44(63)28-22-40)41-23-29-46(30-24-41)69-32-31-57-49(65)13-11-9-7-8-10-12-14-50(66)60-53(56(3,4)5)55(68)61-35-45(64)33-48(61)54(67)58-34-38-15-17-42(18-16-38)52-37(2)59-36-70-52/h15-30,36,45,48,53,62-64H,6-14,31-35H2,1-5H3,(H,57,65)(H,58,67)(H,60,66)/t45-,48+,53-/m1/s1. The van der Waals surface area contributed by atoms with Gasteiger partial charge in [-0.3, -0.25) is 19.2 Å². The van der Waals surface area contributed by atoms with Gasteiger partial charge < -0.3 is 40.9 Å². The number of amides is 4. The lowest BCUT2D eigenvalue weighted by atomic mass is 9.85. The van der Waals surface area contributed by atoms with E-state index in [1.807, 2.05) is 106 Å². The fourth-order valence-electron chi connectivity index (χ4n) is 8.79. The molecule has 1 aliphatic heterocycles. The van der Waals surface area contributed by atoms with Gasteiger partial charge in [0.05, 0.1) is 28.7 Å². The fraction of sp³-hybridized carbons (Fsp3) is 0.411. The van der Waals surface area contributed by atoms with Gasteiger partial charge in [0.2, 0.25) is 23.6 Å². The van der Waals surface area contributed by atoms with Crippen LogP contribution in [0.15, 0.2) is 103 Å². The number of nitrogens with zero attached hydrogens (tertiary/aromatic N) is 2. The molecule has 0 bridgehead atoms. The van der Waals surface area contributed by atoms with Gasteiger partial charge in [0.15, 0.2) is 0 Å².